The number of hydrogen-bond donors (Lipinski definition) is 1. The Bertz CT molecular complexity index is 379. The molecule has 19 heavy (non-hydrogen) atoms. The number of rotatable bonds is 5. The molecule has 0 spiro atoms. The van der Waals surface area contributed by atoms with Crippen LogP contribution >= 0.6 is 0 Å². The molecule has 1 N–H and O–H groups in total. The van der Waals surface area contributed by atoms with Crippen LogP contribution in [0.2, 0.25) is 0 Å². The Kier molecular flexibility index (Phi) is 5.16. The summed E-state index contributed by atoms with van der Waals surface area (Å²) in [5.41, 5.74) is 1.26. The van der Waals surface area contributed by atoms with Crippen molar-refractivity contribution in [3.05, 3.63) is 23.9 Å². The Labute approximate surface area is 116 Å². The zero-order valence-electron chi connectivity index (χ0n) is 12.2. The van der Waals surface area contributed by atoms with E-state index in [-0.39, 0.29) is 0 Å². The maximum atomic E-state index is 5.08. The van der Waals surface area contributed by atoms with E-state index in [0.29, 0.717) is 17.8 Å². The predicted molar refractivity (Wildman–Crippen MR) is 77.3 cm³/mol. The van der Waals surface area contributed by atoms with Gasteiger partial charge in [0.15, 0.2) is 0 Å². The molecule has 0 bridgehead atoms. The molecule has 1 fully saturated rings. The molecule has 106 valence electrons. The van der Waals surface area contributed by atoms with Crippen LogP contribution in [-0.2, 0) is 6.54 Å². The minimum Gasteiger partial charge on any atom is -0.481 e. The second-order valence-corrected chi connectivity index (χ2v) is 5.37. The monoisotopic (exact) mass is 263 g/mol. The van der Waals surface area contributed by atoms with Crippen LogP contribution in [0.15, 0.2) is 18.3 Å². The fourth-order valence-electron chi connectivity index (χ4n) is 2.82. The summed E-state index contributed by atoms with van der Waals surface area (Å²) in [6, 6.07) is 4.71. The highest BCUT2D eigenvalue weighted by molar-refractivity contribution is 5.17. The lowest BCUT2D eigenvalue weighted by molar-refractivity contribution is 0.142. The van der Waals surface area contributed by atoms with Crippen molar-refractivity contribution in [3.8, 4) is 5.88 Å². The van der Waals surface area contributed by atoms with Crippen LogP contribution in [-0.4, -0.2) is 42.7 Å². The number of ether oxygens (including phenoxy) is 1. The van der Waals surface area contributed by atoms with Crippen molar-refractivity contribution < 1.29 is 4.74 Å². The summed E-state index contributed by atoms with van der Waals surface area (Å²) in [6.07, 6.45) is 3.15. The first-order valence-corrected chi connectivity index (χ1v) is 7.17. The lowest BCUT2D eigenvalue weighted by Gasteiger charge is -2.37. The minimum atomic E-state index is 0.676. The molecule has 2 rings (SSSR count). The zero-order valence-corrected chi connectivity index (χ0v) is 12.2. The summed E-state index contributed by atoms with van der Waals surface area (Å²) in [5.74, 6) is 1.39. The molecule has 0 aliphatic carbocycles. The predicted octanol–water partition coefficient (Wildman–Crippen LogP) is 1.91. The molecule has 2 heterocycles. The van der Waals surface area contributed by atoms with Crippen molar-refractivity contribution in [2.75, 3.05) is 26.7 Å². The summed E-state index contributed by atoms with van der Waals surface area (Å²) in [5, 5.41) is 3.58. The lowest BCUT2D eigenvalue weighted by atomic mass is 9.93. The molecular formula is C15H25N3O. The van der Waals surface area contributed by atoms with Crippen LogP contribution in [0.4, 0.5) is 0 Å². The van der Waals surface area contributed by atoms with Crippen molar-refractivity contribution in [1.82, 2.24) is 15.2 Å². The van der Waals surface area contributed by atoms with Gasteiger partial charge in [-0.2, -0.15) is 0 Å². The smallest absolute Gasteiger partial charge is 0.212 e. The van der Waals surface area contributed by atoms with E-state index in [0.717, 1.165) is 26.2 Å². The molecule has 0 radical (unpaired) electrons. The van der Waals surface area contributed by atoms with E-state index < -0.39 is 0 Å². The van der Waals surface area contributed by atoms with E-state index in [1.807, 2.05) is 12.3 Å². The SMILES string of the molecule is CCNC1CCN(Cc2ccc(OC)nc2)CC1C. The second kappa shape index (κ2) is 6.87. The van der Waals surface area contributed by atoms with E-state index in [2.05, 4.69) is 35.1 Å². The topological polar surface area (TPSA) is 37.4 Å². The minimum absolute atomic E-state index is 0.676. The van der Waals surface area contributed by atoms with E-state index >= 15 is 0 Å². The molecule has 4 nitrogen and oxygen atoms in total. The molecule has 1 saturated heterocycles. The summed E-state index contributed by atoms with van der Waals surface area (Å²) in [7, 11) is 1.65. The van der Waals surface area contributed by atoms with E-state index in [1.165, 1.54) is 12.0 Å². The maximum absolute atomic E-state index is 5.08. The highest BCUT2D eigenvalue weighted by atomic mass is 16.5. The number of aromatic nitrogens is 1. The van der Waals surface area contributed by atoms with Crippen LogP contribution in [0.1, 0.15) is 25.8 Å². The van der Waals surface area contributed by atoms with E-state index in [9.17, 15) is 0 Å². The lowest BCUT2D eigenvalue weighted by Crippen LogP contribution is -2.47. The Morgan fingerprint density at radius 1 is 1.47 bits per heavy atom. The Morgan fingerprint density at radius 3 is 2.89 bits per heavy atom. The maximum Gasteiger partial charge on any atom is 0.212 e. The van der Waals surface area contributed by atoms with Crippen LogP contribution < -0.4 is 10.1 Å². The first-order valence-electron chi connectivity index (χ1n) is 7.17. The highest BCUT2D eigenvalue weighted by Gasteiger charge is 2.25. The Balaban J connectivity index is 1.86. The summed E-state index contributed by atoms with van der Waals surface area (Å²) >= 11 is 0. The molecular weight excluding hydrogens is 238 g/mol. The average Bonchev–Trinajstić information content (AvgIpc) is 2.43. The van der Waals surface area contributed by atoms with Crippen LogP contribution in [0.5, 0.6) is 5.88 Å². The molecule has 0 amide bonds. The molecule has 1 aliphatic rings. The van der Waals surface area contributed by atoms with Crippen molar-refractivity contribution >= 4 is 0 Å². The summed E-state index contributed by atoms with van der Waals surface area (Å²) in [4.78, 5) is 6.78. The number of hydrogen-bond acceptors (Lipinski definition) is 4. The third-order valence-corrected chi connectivity index (χ3v) is 3.87. The average molecular weight is 263 g/mol. The van der Waals surface area contributed by atoms with E-state index in [4.69, 9.17) is 4.74 Å². The largest absolute Gasteiger partial charge is 0.481 e. The van der Waals surface area contributed by atoms with Crippen molar-refractivity contribution in [2.24, 2.45) is 5.92 Å². The van der Waals surface area contributed by atoms with Crippen molar-refractivity contribution in [3.63, 3.8) is 0 Å². The van der Waals surface area contributed by atoms with Gasteiger partial charge in [0.2, 0.25) is 5.88 Å². The van der Waals surface area contributed by atoms with Gasteiger partial charge in [-0.1, -0.05) is 19.9 Å². The van der Waals surface area contributed by atoms with Gasteiger partial charge in [0.1, 0.15) is 0 Å². The molecule has 1 aromatic heterocycles. The summed E-state index contributed by atoms with van der Waals surface area (Å²) in [6.45, 7) is 8.89. The Morgan fingerprint density at radius 2 is 2.32 bits per heavy atom. The first kappa shape index (κ1) is 14.3. The van der Waals surface area contributed by atoms with E-state index in [1.54, 1.807) is 7.11 Å². The third kappa shape index (κ3) is 3.91. The molecule has 2 atom stereocenters. The number of likely N-dealkylation sites (tertiary alicyclic amines) is 1. The molecule has 0 aromatic carbocycles. The number of methoxy groups -OCH3 is 1. The van der Waals surface area contributed by atoms with Gasteiger partial charge in [0.25, 0.3) is 0 Å². The van der Waals surface area contributed by atoms with Gasteiger partial charge in [0, 0.05) is 31.4 Å². The fraction of sp³-hybridized carbons (Fsp3) is 0.667. The van der Waals surface area contributed by atoms with Gasteiger partial charge < -0.3 is 10.1 Å². The van der Waals surface area contributed by atoms with Gasteiger partial charge in [-0.3, -0.25) is 4.90 Å². The second-order valence-electron chi connectivity index (χ2n) is 5.37. The number of nitrogens with one attached hydrogen (secondary N) is 1. The van der Waals surface area contributed by atoms with Crippen LogP contribution in [0.25, 0.3) is 0 Å². The standard InChI is InChI=1S/C15H25N3O/c1-4-16-14-7-8-18(10-12(14)2)11-13-5-6-15(19-3)17-9-13/h5-6,9,12,14,16H,4,7-8,10-11H2,1-3H3. The number of nitrogens with zero attached hydrogens (tertiary/aromatic N) is 2. The van der Waals surface area contributed by atoms with Crippen molar-refractivity contribution in [2.45, 2.75) is 32.9 Å². The van der Waals surface area contributed by atoms with Gasteiger partial charge in [0.05, 0.1) is 7.11 Å². The summed E-state index contributed by atoms with van der Waals surface area (Å²) < 4.78 is 5.08. The van der Waals surface area contributed by atoms with Gasteiger partial charge >= 0.3 is 0 Å². The van der Waals surface area contributed by atoms with Crippen LogP contribution in [0, 0.1) is 5.92 Å². The molecule has 1 aliphatic heterocycles. The fourth-order valence-corrected chi connectivity index (χ4v) is 2.82. The van der Waals surface area contributed by atoms with Gasteiger partial charge in [-0.25, -0.2) is 4.98 Å². The molecule has 2 unspecified atom stereocenters. The van der Waals surface area contributed by atoms with Gasteiger partial charge in [-0.15, -0.1) is 0 Å². The quantitative estimate of drug-likeness (QED) is 0.880. The van der Waals surface area contributed by atoms with Gasteiger partial charge in [-0.05, 0) is 31.0 Å². The van der Waals surface area contributed by atoms with Crippen LogP contribution in [0.3, 0.4) is 0 Å². The Hall–Kier alpha value is -1.13. The number of piperidine rings is 1. The zero-order chi connectivity index (χ0) is 13.7. The molecule has 4 heteroatoms. The number of pyridine rings is 1. The molecule has 0 saturated carbocycles. The highest BCUT2D eigenvalue weighted by Crippen LogP contribution is 2.19. The van der Waals surface area contributed by atoms with Crippen molar-refractivity contribution in [1.29, 1.82) is 0 Å². The third-order valence-electron chi connectivity index (χ3n) is 3.87. The molecule has 1 aromatic rings. The normalized spacial score (nSPS) is 24.4. The first-order chi connectivity index (χ1) is 9.22.